The zero-order valence-corrected chi connectivity index (χ0v) is 8.12. The number of fused-ring (bicyclic) bond motifs is 1. The maximum absolute atomic E-state index is 5.76. The molecule has 0 aromatic carbocycles. The molecule has 3 rings (SSSR count). The van der Waals surface area contributed by atoms with Crippen LogP contribution in [0.15, 0.2) is 18.7 Å². The highest BCUT2D eigenvalue weighted by Gasteiger charge is 2.11. The van der Waals surface area contributed by atoms with Crippen LogP contribution in [0.25, 0.3) is 17.0 Å². The Morgan fingerprint density at radius 3 is 2.81 bits per heavy atom. The van der Waals surface area contributed by atoms with E-state index in [0.29, 0.717) is 28.6 Å². The largest absolute Gasteiger partial charge is 0.383 e. The van der Waals surface area contributed by atoms with Crippen molar-refractivity contribution in [1.29, 1.82) is 0 Å². The summed E-state index contributed by atoms with van der Waals surface area (Å²) < 4.78 is 1.44. The van der Waals surface area contributed by atoms with Gasteiger partial charge >= 0.3 is 0 Å². The Labute approximate surface area is 89.3 Å². The maximum atomic E-state index is 5.76. The van der Waals surface area contributed by atoms with Crippen molar-refractivity contribution in [1.82, 2.24) is 29.7 Å². The Hall–Kier alpha value is -2.64. The average molecular weight is 216 g/mol. The zero-order chi connectivity index (χ0) is 11.1. The number of hydrogen-bond acceptors (Lipinski definition) is 6. The molecule has 3 aromatic heterocycles. The molecule has 0 atom stereocenters. The molecule has 0 unspecified atom stereocenters. The van der Waals surface area contributed by atoms with Crippen molar-refractivity contribution in [3.63, 3.8) is 0 Å². The van der Waals surface area contributed by atoms with Crippen molar-refractivity contribution in [2.45, 2.75) is 0 Å². The van der Waals surface area contributed by atoms with Gasteiger partial charge in [-0.15, -0.1) is 5.10 Å². The number of nitrogens with zero attached hydrogens (tertiary/aromatic N) is 5. The third-order valence-corrected chi connectivity index (χ3v) is 2.16. The Morgan fingerprint density at radius 2 is 2.06 bits per heavy atom. The fraction of sp³-hybridized carbons (Fsp3) is 0. The minimum atomic E-state index is 0.337. The smallest absolute Gasteiger partial charge is 0.184 e. The fourth-order valence-electron chi connectivity index (χ4n) is 1.50. The molecule has 0 radical (unpaired) electrons. The molecular formula is C8H8N8. The van der Waals surface area contributed by atoms with E-state index >= 15 is 0 Å². The van der Waals surface area contributed by atoms with Crippen LogP contribution in [0.3, 0.4) is 0 Å². The highest BCUT2D eigenvalue weighted by molar-refractivity contribution is 5.78. The second-order valence-electron chi connectivity index (χ2n) is 3.20. The molecule has 5 N–H and O–H groups in total. The van der Waals surface area contributed by atoms with Crippen LogP contribution in [0, 0.1) is 0 Å². The van der Waals surface area contributed by atoms with Gasteiger partial charge in [0.1, 0.15) is 23.5 Å². The fourth-order valence-corrected chi connectivity index (χ4v) is 1.50. The van der Waals surface area contributed by atoms with Crippen LogP contribution in [0.4, 0.5) is 11.6 Å². The number of nitrogens with one attached hydrogen (secondary N) is 1. The summed E-state index contributed by atoms with van der Waals surface area (Å²) in [6.07, 6.45) is 2.93. The number of nitrogens with two attached hydrogens (primary N) is 2. The number of imidazole rings is 1. The molecule has 3 heterocycles. The van der Waals surface area contributed by atoms with Gasteiger partial charge in [0.25, 0.3) is 0 Å². The minimum Gasteiger partial charge on any atom is -0.383 e. The molecule has 0 aliphatic rings. The number of anilines is 2. The molecular weight excluding hydrogens is 208 g/mol. The predicted molar refractivity (Wildman–Crippen MR) is 57.6 cm³/mol. The number of nitrogen functional groups attached to an aromatic ring is 2. The van der Waals surface area contributed by atoms with Crippen LogP contribution in [0.1, 0.15) is 0 Å². The molecule has 8 nitrogen and oxygen atoms in total. The summed E-state index contributed by atoms with van der Waals surface area (Å²) in [7, 11) is 0. The molecule has 80 valence electrons. The molecule has 0 aliphatic carbocycles. The third kappa shape index (κ3) is 1.10. The van der Waals surface area contributed by atoms with Crippen molar-refractivity contribution < 1.29 is 0 Å². The topological polar surface area (TPSA) is 124 Å². The van der Waals surface area contributed by atoms with Crippen LogP contribution in [0.2, 0.25) is 0 Å². The number of hydrogen-bond donors (Lipinski definition) is 3. The first-order valence-electron chi connectivity index (χ1n) is 4.51. The van der Waals surface area contributed by atoms with Crippen LogP contribution < -0.4 is 11.5 Å². The number of H-pyrrole nitrogens is 1. The Bertz CT molecular complexity index is 651. The second-order valence-corrected chi connectivity index (χ2v) is 3.20. The van der Waals surface area contributed by atoms with E-state index in [9.17, 15) is 0 Å². The van der Waals surface area contributed by atoms with Gasteiger partial charge in [-0.1, -0.05) is 0 Å². The van der Waals surface area contributed by atoms with Gasteiger partial charge in [0, 0.05) is 6.07 Å². The summed E-state index contributed by atoms with van der Waals surface area (Å²) in [5, 5.41) is 4.04. The van der Waals surface area contributed by atoms with Gasteiger partial charge in [-0.3, -0.25) is 0 Å². The van der Waals surface area contributed by atoms with E-state index in [2.05, 4.69) is 25.0 Å². The van der Waals surface area contributed by atoms with Crippen molar-refractivity contribution in [3.8, 4) is 5.82 Å². The van der Waals surface area contributed by atoms with E-state index in [-0.39, 0.29) is 0 Å². The average Bonchev–Trinajstić information content (AvgIpc) is 2.84. The van der Waals surface area contributed by atoms with Gasteiger partial charge in [0.15, 0.2) is 11.5 Å². The summed E-state index contributed by atoms with van der Waals surface area (Å²) in [4.78, 5) is 15.1. The summed E-state index contributed by atoms with van der Waals surface area (Å²) in [6, 6.07) is 1.56. The summed E-state index contributed by atoms with van der Waals surface area (Å²) in [5.74, 6) is 1.27. The summed E-state index contributed by atoms with van der Waals surface area (Å²) >= 11 is 0. The summed E-state index contributed by atoms with van der Waals surface area (Å²) in [5.41, 5.74) is 12.5. The highest BCUT2D eigenvalue weighted by atomic mass is 15.4. The molecule has 0 amide bonds. The molecule has 8 heteroatoms. The Kier molecular flexibility index (Phi) is 1.58. The molecule has 0 aliphatic heterocycles. The van der Waals surface area contributed by atoms with Crippen molar-refractivity contribution in [2.75, 3.05) is 11.5 Å². The molecule has 0 saturated carbocycles. The summed E-state index contributed by atoms with van der Waals surface area (Å²) in [6.45, 7) is 0. The van der Waals surface area contributed by atoms with Crippen LogP contribution in [-0.2, 0) is 0 Å². The van der Waals surface area contributed by atoms with E-state index < -0.39 is 0 Å². The zero-order valence-electron chi connectivity index (χ0n) is 8.12. The molecule has 0 fully saturated rings. The first kappa shape index (κ1) is 8.65. The Balaban J connectivity index is 2.33. The standard InChI is InChI=1S/C8H8N8/c9-4-1-5(10)16(15-4)8-6-7(12-2-11-6)13-3-14-8/h1-3H,10H2,(H2,9,15)(H,11,12,13,14). The van der Waals surface area contributed by atoms with E-state index in [1.807, 2.05) is 0 Å². The van der Waals surface area contributed by atoms with E-state index in [0.717, 1.165) is 0 Å². The second kappa shape index (κ2) is 2.92. The van der Waals surface area contributed by atoms with Gasteiger partial charge in [-0.2, -0.15) is 4.68 Å². The first-order chi connectivity index (χ1) is 7.75. The van der Waals surface area contributed by atoms with Crippen molar-refractivity contribution in [3.05, 3.63) is 18.7 Å². The molecule has 0 spiro atoms. The third-order valence-electron chi connectivity index (χ3n) is 2.16. The van der Waals surface area contributed by atoms with Crippen LogP contribution in [-0.4, -0.2) is 29.7 Å². The number of rotatable bonds is 1. The number of aromatic nitrogens is 6. The van der Waals surface area contributed by atoms with Crippen molar-refractivity contribution >= 4 is 22.8 Å². The first-order valence-corrected chi connectivity index (χ1v) is 4.51. The van der Waals surface area contributed by atoms with E-state index in [1.165, 1.54) is 17.3 Å². The van der Waals surface area contributed by atoms with E-state index in [4.69, 9.17) is 11.5 Å². The van der Waals surface area contributed by atoms with Crippen molar-refractivity contribution in [2.24, 2.45) is 0 Å². The van der Waals surface area contributed by atoms with E-state index in [1.54, 1.807) is 6.07 Å². The van der Waals surface area contributed by atoms with Gasteiger partial charge in [-0.05, 0) is 0 Å². The lowest BCUT2D eigenvalue weighted by Crippen LogP contribution is -2.05. The highest BCUT2D eigenvalue weighted by Crippen LogP contribution is 2.18. The van der Waals surface area contributed by atoms with Gasteiger partial charge in [-0.25, -0.2) is 15.0 Å². The quantitative estimate of drug-likeness (QED) is 0.513. The molecule has 16 heavy (non-hydrogen) atoms. The van der Waals surface area contributed by atoms with Crippen LogP contribution in [0.5, 0.6) is 0 Å². The normalized spacial score (nSPS) is 11.0. The number of aromatic amines is 1. The maximum Gasteiger partial charge on any atom is 0.184 e. The minimum absolute atomic E-state index is 0.337. The lowest BCUT2D eigenvalue weighted by Gasteiger charge is -2.02. The lowest BCUT2D eigenvalue weighted by molar-refractivity contribution is 0.863. The predicted octanol–water partition coefficient (Wildman–Crippen LogP) is -0.297. The van der Waals surface area contributed by atoms with Gasteiger partial charge in [0.2, 0.25) is 0 Å². The monoisotopic (exact) mass is 216 g/mol. The lowest BCUT2D eigenvalue weighted by atomic mass is 10.5. The molecule has 0 saturated heterocycles. The van der Waals surface area contributed by atoms with Gasteiger partial charge in [0.05, 0.1) is 6.33 Å². The SMILES string of the molecule is Nc1cc(N)n(-c2ncnc3nc[nH]c23)n1. The van der Waals surface area contributed by atoms with Gasteiger partial charge < -0.3 is 16.5 Å². The molecule has 3 aromatic rings. The molecule has 0 bridgehead atoms. The van der Waals surface area contributed by atoms with Crippen LogP contribution >= 0.6 is 0 Å². The Morgan fingerprint density at radius 1 is 1.19 bits per heavy atom.